The van der Waals surface area contributed by atoms with Crippen LogP contribution in [0.3, 0.4) is 0 Å². The van der Waals surface area contributed by atoms with Gasteiger partial charge in [-0.15, -0.1) is 0 Å². The Morgan fingerprint density at radius 1 is 1.89 bits per heavy atom. The van der Waals surface area contributed by atoms with E-state index in [0.717, 1.165) is 10.2 Å². The standard InChI is InChI=1S/C5H8BrN3/c1-9-5(2-7)4(6)3-8-9/h3H,2,7H2,1H3. The van der Waals surface area contributed by atoms with Gasteiger partial charge in [-0.25, -0.2) is 0 Å². The third-order valence-corrected chi connectivity index (χ3v) is 1.87. The zero-order valence-electron chi connectivity index (χ0n) is 5.13. The molecule has 0 aromatic carbocycles. The molecule has 0 unspecified atom stereocenters. The first-order valence-corrected chi connectivity index (χ1v) is 3.41. The molecule has 0 aliphatic carbocycles. The summed E-state index contributed by atoms with van der Waals surface area (Å²) in [5.41, 5.74) is 6.43. The molecule has 3 nitrogen and oxygen atoms in total. The molecule has 1 aromatic rings. The van der Waals surface area contributed by atoms with Crippen molar-refractivity contribution < 1.29 is 0 Å². The van der Waals surface area contributed by atoms with Gasteiger partial charge in [-0.3, -0.25) is 4.68 Å². The molecule has 0 amide bonds. The lowest BCUT2D eigenvalue weighted by molar-refractivity contribution is 0.711. The van der Waals surface area contributed by atoms with Crippen LogP contribution < -0.4 is 5.73 Å². The predicted octanol–water partition coefficient (Wildman–Crippen LogP) is 0.641. The van der Waals surface area contributed by atoms with Crippen LogP contribution in [0.4, 0.5) is 0 Å². The maximum atomic E-state index is 5.41. The lowest BCUT2D eigenvalue weighted by Crippen LogP contribution is -2.04. The molecule has 50 valence electrons. The summed E-state index contributed by atoms with van der Waals surface area (Å²) >= 11 is 3.31. The third-order valence-electron chi connectivity index (χ3n) is 1.20. The van der Waals surface area contributed by atoms with Crippen molar-refractivity contribution in [1.29, 1.82) is 0 Å². The Labute approximate surface area is 62.0 Å². The Hall–Kier alpha value is -0.350. The van der Waals surface area contributed by atoms with Crippen LogP contribution >= 0.6 is 15.9 Å². The molecule has 0 radical (unpaired) electrons. The second kappa shape index (κ2) is 2.49. The average molecular weight is 190 g/mol. The van der Waals surface area contributed by atoms with Crippen molar-refractivity contribution in [2.24, 2.45) is 12.8 Å². The molecule has 0 atom stereocenters. The molecule has 1 heterocycles. The fourth-order valence-corrected chi connectivity index (χ4v) is 1.18. The van der Waals surface area contributed by atoms with Gasteiger partial charge >= 0.3 is 0 Å². The van der Waals surface area contributed by atoms with Crippen molar-refractivity contribution in [3.8, 4) is 0 Å². The summed E-state index contributed by atoms with van der Waals surface area (Å²) in [6.45, 7) is 0.525. The van der Waals surface area contributed by atoms with Crippen molar-refractivity contribution in [2.45, 2.75) is 6.54 Å². The van der Waals surface area contributed by atoms with E-state index in [2.05, 4.69) is 21.0 Å². The number of hydrogen-bond acceptors (Lipinski definition) is 2. The Morgan fingerprint density at radius 2 is 2.56 bits per heavy atom. The lowest BCUT2D eigenvalue weighted by Gasteiger charge is -1.95. The average Bonchev–Trinajstić information content (AvgIpc) is 2.12. The number of hydrogen-bond donors (Lipinski definition) is 1. The molecule has 2 N–H and O–H groups in total. The van der Waals surface area contributed by atoms with Gasteiger partial charge in [0.15, 0.2) is 0 Å². The molecule has 0 spiro atoms. The van der Waals surface area contributed by atoms with E-state index in [1.54, 1.807) is 10.9 Å². The van der Waals surface area contributed by atoms with E-state index in [4.69, 9.17) is 5.73 Å². The van der Waals surface area contributed by atoms with Crippen molar-refractivity contribution in [3.05, 3.63) is 16.4 Å². The summed E-state index contributed by atoms with van der Waals surface area (Å²) in [4.78, 5) is 0. The molecule has 4 heteroatoms. The van der Waals surface area contributed by atoms with Crippen molar-refractivity contribution in [1.82, 2.24) is 9.78 Å². The van der Waals surface area contributed by atoms with Gasteiger partial charge in [0.05, 0.1) is 16.4 Å². The summed E-state index contributed by atoms with van der Waals surface area (Å²) in [5.74, 6) is 0. The molecule has 0 aliphatic heterocycles. The van der Waals surface area contributed by atoms with Crippen LogP contribution in [-0.4, -0.2) is 9.78 Å². The van der Waals surface area contributed by atoms with E-state index in [1.807, 2.05) is 7.05 Å². The SMILES string of the molecule is Cn1ncc(Br)c1CN. The normalized spacial score (nSPS) is 10.1. The van der Waals surface area contributed by atoms with Crippen LogP contribution in [0.5, 0.6) is 0 Å². The molecule has 1 aromatic heterocycles. The maximum absolute atomic E-state index is 5.41. The second-order valence-electron chi connectivity index (χ2n) is 1.77. The van der Waals surface area contributed by atoms with E-state index < -0.39 is 0 Å². The Morgan fingerprint density at radius 3 is 2.78 bits per heavy atom. The van der Waals surface area contributed by atoms with E-state index in [0.29, 0.717) is 6.54 Å². The monoisotopic (exact) mass is 189 g/mol. The van der Waals surface area contributed by atoms with Crippen LogP contribution in [0.2, 0.25) is 0 Å². The highest BCUT2D eigenvalue weighted by molar-refractivity contribution is 9.10. The first kappa shape index (κ1) is 6.77. The van der Waals surface area contributed by atoms with Gasteiger partial charge in [0.1, 0.15) is 0 Å². The van der Waals surface area contributed by atoms with E-state index >= 15 is 0 Å². The highest BCUT2D eigenvalue weighted by Gasteiger charge is 2.00. The fourth-order valence-electron chi connectivity index (χ4n) is 0.666. The van der Waals surface area contributed by atoms with Gasteiger partial charge in [0, 0.05) is 13.6 Å². The smallest absolute Gasteiger partial charge is 0.0658 e. The zero-order chi connectivity index (χ0) is 6.85. The van der Waals surface area contributed by atoms with Gasteiger partial charge in [-0.2, -0.15) is 5.10 Å². The Balaban J connectivity index is 3.07. The summed E-state index contributed by atoms with van der Waals surface area (Å²) in [5, 5.41) is 3.98. The first-order chi connectivity index (χ1) is 4.25. The number of aromatic nitrogens is 2. The zero-order valence-corrected chi connectivity index (χ0v) is 6.72. The largest absolute Gasteiger partial charge is 0.325 e. The molecular formula is C5H8BrN3. The number of halogens is 1. The number of rotatable bonds is 1. The summed E-state index contributed by atoms with van der Waals surface area (Å²) < 4.78 is 2.73. The Bertz CT molecular complexity index is 186. The van der Waals surface area contributed by atoms with Gasteiger partial charge in [0.25, 0.3) is 0 Å². The van der Waals surface area contributed by atoms with Gasteiger partial charge in [-0.1, -0.05) is 0 Å². The Kier molecular flexibility index (Phi) is 1.87. The molecule has 0 saturated heterocycles. The molecule has 0 bridgehead atoms. The van der Waals surface area contributed by atoms with Crippen molar-refractivity contribution >= 4 is 15.9 Å². The van der Waals surface area contributed by atoms with Gasteiger partial charge in [-0.05, 0) is 15.9 Å². The number of nitrogens with two attached hydrogens (primary N) is 1. The van der Waals surface area contributed by atoms with Crippen LogP contribution in [0.25, 0.3) is 0 Å². The minimum Gasteiger partial charge on any atom is -0.325 e. The van der Waals surface area contributed by atoms with Crippen molar-refractivity contribution in [3.63, 3.8) is 0 Å². The van der Waals surface area contributed by atoms with Crippen molar-refractivity contribution in [2.75, 3.05) is 0 Å². The van der Waals surface area contributed by atoms with Gasteiger partial charge < -0.3 is 5.73 Å². The summed E-state index contributed by atoms with van der Waals surface area (Å²) in [6.07, 6.45) is 1.74. The topological polar surface area (TPSA) is 43.8 Å². The molecular weight excluding hydrogens is 182 g/mol. The van der Waals surface area contributed by atoms with Crippen LogP contribution in [0, 0.1) is 0 Å². The van der Waals surface area contributed by atoms with E-state index in [-0.39, 0.29) is 0 Å². The molecule has 9 heavy (non-hydrogen) atoms. The minimum absolute atomic E-state index is 0.525. The quantitative estimate of drug-likeness (QED) is 0.706. The van der Waals surface area contributed by atoms with E-state index in [1.165, 1.54) is 0 Å². The second-order valence-corrected chi connectivity index (χ2v) is 2.62. The number of nitrogens with zero attached hydrogens (tertiary/aromatic N) is 2. The lowest BCUT2D eigenvalue weighted by atomic mass is 10.4. The predicted molar refractivity (Wildman–Crippen MR) is 38.8 cm³/mol. The molecule has 1 rings (SSSR count). The highest BCUT2D eigenvalue weighted by atomic mass is 79.9. The minimum atomic E-state index is 0.525. The molecule has 0 fully saturated rings. The van der Waals surface area contributed by atoms with Gasteiger partial charge in [0.2, 0.25) is 0 Å². The highest BCUT2D eigenvalue weighted by Crippen LogP contribution is 2.13. The maximum Gasteiger partial charge on any atom is 0.0658 e. The van der Waals surface area contributed by atoms with E-state index in [9.17, 15) is 0 Å². The number of aryl methyl sites for hydroxylation is 1. The third kappa shape index (κ3) is 1.14. The summed E-state index contributed by atoms with van der Waals surface area (Å²) in [7, 11) is 1.87. The summed E-state index contributed by atoms with van der Waals surface area (Å²) in [6, 6.07) is 0. The fraction of sp³-hybridized carbons (Fsp3) is 0.400. The van der Waals surface area contributed by atoms with Crippen LogP contribution in [0.1, 0.15) is 5.69 Å². The van der Waals surface area contributed by atoms with Crippen LogP contribution in [0.15, 0.2) is 10.7 Å². The van der Waals surface area contributed by atoms with Crippen LogP contribution in [-0.2, 0) is 13.6 Å². The molecule has 0 aliphatic rings. The first-order valence-electron chi connectivity index (χ1n) is 2.62. The molecule has 0 saturated carbocycles.